The van der Waals surface area contributed by atoms with Gasteiger partial charge in [-0.25, -0.2) is 0 Å². The van der Waals surface area contributed by atoms with Gasteiger partial charge in [0.05, 0.1) is 12.5 Å². The third kappa shape index (κ3) is 3.23. The number of aromatic nitrogens is 1. The maximum absolute atomic E-state index is 11.3. The highest BCUT2D eigenvalue weighted by Gasteiger charge is 2.26. The zero-order chi connectivity index (χ0) is 16.2. The van der Waals surface area contributed by atoms with E-state index in [1.165, 1.54) is 0 Å². The number of hydrogen-bond donors (Lipinski definition) is 1. The van der Waals surface area contributed by atoms with Crippen molar-refractivity contribution in [3.8, 4) is 5.75 Å². The average molecular weight is 314 g/mol. The number of hydrogen-bond acceptors (Lipinski definition) is 4. The Hall–Kier alpha value is -2.30. The molecule has 1 atom stereocenters. The molecule has 1 fully saturated rings. The molecule has 5 heteroatoms. The predicted octanol–water partition coefficient (Wildman–Crippen LogP) is 3.32. The van der Waals surface area contributed by atoms with E-state index in [-0.39, 0.29) is 5.92 Å². The van der Waals surface area contributed by atoms with Gasteiger partial charge in [-0.2, -0.15) is 0 Å². The second kappa shape index (κ2) is 6.86. The summed E-state index contributed by atoms with van der Waals surface area (Å²) >= 11 is 0. The number of benzene rings is 1. The molecule has 1 aliphatic heterocycles. The molecule has 3 rings (SSSR count). The van der Waals surface area contributed by atoms with E-state index in [9.17, 15) is 9.90 Å². The minimum atomic E-state index is -0.708. The molecule has 1 saturated heterocycles. The second-order valence-electron chi connectivity index (χ2n) is 5.95. The number of piperidine rings is 1. The molecule has 122 valence electrons. The summed E-state index contributed by atoms with van der Waals surface area (Å²) in [5.74, 6) is -0.218. The topological polar surface area (TPSA) is 62.7 Å². The summed E-state index contributed by atoms with van der Waals surface area (Å²) in [5, 5.41) is 10.3. The first-order valence-electron chi connectivity index (χ1n) is 8.19. The van der Waals surface area contributed by atoms with Gasteiger partial charge in [0.2, 0.25) is 0 Å². The summed E-state index contributed by atoms with van der Waals surface area (Å²) in [6, 6.07) is 7.90. The Labute approximate surface area is 135 Å². The van der Waals surface area contributed by atoms with Crippen molar-refractivity contribution in [3.63, 3.8) is 0 Å². The molecule has 5 nitrogen and oxygen atoms in total. The number of para-hydroxylation sites is 1. The molecule has 1 aromatic heterocycles. The first kappa shape index (κ1) is 15.6. The van der Waals surface area contributed by atoms with Crippen LogP contribution in [0.2, 0.25) is 0 Å². The molecule has 0 radical (unpaired) electrons. The average Bonchev–Trinajstić information content (AvgIpc) is 2.59. The highest BCUT2D eigenvalue weighted by atomic mass is 16.5. The first-order chi connectivity index (χ1) is 11.2. The van der Waals surface area contributed by atoms with E-state index in [1.807, 2.05) is 24.3 Å². The van der Waals surface area contributed by atoms with Crippen molar-refractivity contribution in [1.29, 1.82) is 0 Å². The summed E-state index contributed by atoms with van der Waals surface area (Å²) < 4.78 is 5.79. The number of carboxylic acids is 1. The molecule has 0 aliphatic carbocycles. The van der Waals surface area contributed by atoms with Crippen LogP contribution in [0.25, 0.3) is 10.9 Å². The zero-order valence-electron chi connectivity index (χ0n) is 13.4. The molecule has 1 aromatic carbocycles. The second-order valence-corrected chi connectivity index (χ2v) is 5.95. The Morgan fingerprint density at radius 1 is 1.43 bits per heavy atom. The molecule has 0 amide bonds. The van der Waals surface area contributed by atoms with Crippen LogP contribution >= 0.6 is 0 Å². The van der Waals surface area contributed by atoms with Gasteiger partial charge in [-0.15, -0.1) is 0 Å². The van der Waals surface area contributed by atoms with Crippen molar-refractivity contribution in [2.75, 3.05) is 24.6 Å². The smallest absolute Gasteiger partial charge is 0.308 e. The SMILES string of the molecule is CCCOc1cccc2c(N3CCCC(C(=O)O)C3)ccnc12. The van der Waals surface area contributed by atoms with Crippen LogP contribution in [0.4, 0.5) is 5.69 Å². The molecule has 1 N–H and O–H groups in total. The van der Waals surface area contributed by atoms with Gasteiger partial charge in [0.1, 0.15) is 11.3 Å². The van der Waals surface area contributed by atoms with Crippen LogP contribution in [-0.2, 0) is 4.79 Å². The molecule has 0 spiro atoms. The number of nitrogens with zero attached hydrogens (tertiary/aromatic N) is 2. The van der Waals surface area contributed by atoms with Gasteiger partial charge in [0, 0.05) is 30.4 Å². The standard InChI is InChI=1S/C18H22N2O3/c1-2-11-23-16-7-3-6-14-15(8-9-19-17(14)16)20-10-4-5-13(12-20)18(21)22/h3,6-9,13H,2,4-5,10-12H2,1H3,(H,21,22). The molecule has 2 heterocycles. The van der Waals surface area contributed by atoms with E-state index in [4.69, 9.17) is 4.74 Å². The number of aliphatic carboxylic acids is 1. The largest absolute Gasteiger partial charge is 0.491 e. The maximum Gasteiger partial charge on any atom is 0.308 e. The summed E-state index contributed by atoms with van der Waals surface area (Å²) in [6.45, 7) is 4.16. The third-order valence-corrected chi connectivity index (χ3v) is 4.28. The highest BCUT2D eigenvalue weighted by molar-refractivity contribution is 5.95. The predicted molar refractivity (Wildman–Crippen MR) is 90.1 cm³/mol. The summed E-state index contributed by atoms with van der Waals surface area (Å²) in [7, 11) is 0. The number of carboxylic acid groups (broad SMARTS) is 1. The van der Waals surface area contributed by atoms with Crippen molar-refractivity contribution in [2.45, 2.75) is 26.2 Å². The van der Waals surface area contributed by atoms with Crippen LogP contribution in [0.1, 0.15) is 26.2 Å². The first-order valence-corrected chi connectivity index (χ1v) is 8.19. The van der Waals surface area contributed by atoms with Gasteiger partial charge in [0.15, 0.2) is 0 Å². The monoisotopic (exact) mass is 314 g/mol. The fraction of sp³-hybridized carbons (Fsp3) is 0.444. The quantitative estimate of drug-likeness (QED) is 0.917. The van der Waals surface area contributed by atoms with Crippen LogP contribution in [0, 0.1) is 5.92 Å². The molecule has 2 aromatic rings. The van der Waals surface area contributed by atoms with Gasteiger partial charge in [0.25, 0.3) is 0 Å². The van der Waals surface area contributed by atoms with Gasteiger partial charge in [-0.1, -0.05) is 19.1 Å². The molecule has 1 unspecified atom stereocenters. The van der Waals surface area contributed by atoms with Gasteiger partial charge < -0.3 is 14.7 Å². The van der Waals surface area contributed by atoms with E-state index in [0.717, 1.165) is 48.1 Å². The van der Waals surface area contributed by atoms with Crippen molar-refractivity contribution in [3.05, 3.63) is 30.5 Å². The molecule has 23 heavy (non-hydrogen) atoms. The van der Waals surface area contributed by atoms with E-state index in [1.54, 1.807) is 6.20 Å². The van der Waals surface area contributed by atoms with Gasteiger partial charge >= 0.3 is 5.97 Å². The third-order valence-electron chi connectivity index (χ3n) is 4.28. The molecule has 0 bridgehead atoms. The molecule has 0 saturated carbocycles. The van der Waals surface area contributed by atoms with Crippen molar-refractivity contribution >= 4 is 22.6 Å². The van der Waals surface area contributed by atoms with E-state index < -0.39 is 5.97 Å². The molecular weight excluding hydrogens is 292 g/mol. The van der Waals surface area contributed by atoms with Gasteiger partial charge in [-0.3, -0.25) is 9.78 Å². The number of rotatable bonds is 5. The number of carbonyl (C=O) groups is 1. The van der Waals surface area contributed by atoms with Crippen LogP contribution < -0.4 is 9.64 Å². The minimum absolute atomic E-state index is 0.300. The van der Waals surface area contributed by atoms with Crippen LogP contribution in [0.3, 0.4) is 0 Å². The Morgan fingerprint density at radius 3 is 3.09 bits per heavy atom. The highest BCUT2D eigenvalue weighted by Crippen LogP contribution is 2.33. The Bertz CT molecular complexity index is 702. The number of fused-ring (bicyclic) bond motifs is 1. The Kier molecular flexibility index (Phi) is 4.65. The lowest BCUT2D eigenvalue weighted by Crippen LogP contribution is -2.38. The van der Waals surface area contributed by atoms with E-state index >= 15 is 0 Å². The van der Waals surface area contributed by atoms with Crippen molar-refractivity contribution in [1.82, 2.24) is 4.98 Å². The lowest BCUT2D eigenvalue weighted by molar-refractivity contribution is -0.141. The fourth-order valence-corrected chi connectivity index (χ4v) is 3.14. The Morgan fingerprint density at radius 2 is 2.30 bits per heavy atom. The Balaban J connectivity index is 1.96. The summed E-state index contributed by atoms with van der Waals surface area (Å²) in [4.78, 5) is 17.9. The molecule has 1 aliphatic rings. The minimum Gasteiger partial charge on any atom is -0.491 e. The van der Waals surface area contributed by atoms with E-state index in [0.29, 0.717) is 13.2 Å². The number of anilines is 1. The van der Waals surface area contributed by atoms with Crippen molar-refractivity contribution < 1.29 is 14.6 Å². The van der Waals surface area contributed by atoms with Crippen molar-refractivity contribution in [2.24, 2.45) is 5.92 Å². The lowest BCUT2D eigenvalue weighted by atomic mass is 9.97. The number of pyridine rings is 1. The number of ether oxygens (including phenoxy) is 1. The van der Waals surface area contributed by atoms with Gasteiger partial charge in [-0.05, 0) is 31.4 Å². The summed E-state index contributed by atoms with van der Waals surface area (Å²) in [5.41, 5.74) is 1.89. The maximum atomic E-state index is 11.3. The fourth-order valence-electron chi connectivity index (χ4n) is 3.14. The zero-order valence-corrected chi connectivity index (χ0v) is 13.4. The molecular formula is C18H22N2O3. The summed E-state index contributed by atoms with van der Waals surface area (Å²) in [6.07, 6.45) is 4.37. The lowest BCUT2D eigenvalue weighted by Gasteiger charge is -2.33. The van der Waals surface area contributed by atoms with Crippen LogP contribution in [0.15, 0.2) is 30.5 Å². The van der Waals surface area contributed by atoms with Crippen LogP contribution in [-0.4, -0.2) is 35.8 Å². The van der Waals surface area contributed by atoms with E-state index in [2.05, 4.69) is 16.8 Å². The normalized spacial score (nSPS) is 18.1. The van der Waals surface area contributed by atoms with Crippen LogP contribution in [0.5, 0.6) is 5.75 Å².